The van der Waals surface area contributed by atoms with E-state index in [0.717, 1.165) is 0 Å². The second-order valence-electron chi connectivity index (χ2n) is 6.86. The van der Waals surface area contributed by atoms with Crippen LogP contribution in [0.2, 0.25) is 0 Å². The zero-order valence-corrected chi connectivity index (χ0v) is 16.9. The summed E-state index contributed by atoms with van der Waals surface area (Å²) in [6, 6.07) is 5.70. The Balaban J connectivity index is 1.64. The van der Waals surface area contributed by atoms with Crippen molar-refractivity contribution < 1.29 is 23.1 Å². The summed E-state index contributed by atoms with van der Waals surface area (Å²) in [5.41, 5.74) is 6.50. The highest BCUT2D eigenvalue weighted by molar-refractivity contribution is 7.89. The normalized spacial score (nSPS) is 15.3. The molecule has 1 fully saturated rings. The highest BCUT2D eigenvalue weighted by Crippen LogP contribution is 2.22. The highest BCUT2D eigenvalue weighted by Gasteiger charge is 2.31. The maximum absolute atomic E-state index is 12.8. The van der Waals surface area contributed by atoms with Gasteiger partial charge < -0.3 is 25.6 Å². The fourth-order valence-corrected chi connectivity index (χ4v) is 4.58. The molecule has 29 heavy (non-hydrogen) atoms. The number of carbonyl (C=O) groups is 2. The highest BCUT2D eigenvalue weighted by atomic mass is 32.2. The lowest BCUT2D eigenvalue weighted by Crippen LogP contribution is -2.51. The number of primary amides is 1. The number of aromatic hydroxyl groups is 1. The summed E-state index contributed by atoms with van der Waals surface area (Å²) in [5, 5.41) is 12.4. The summed E-state index contributed by atoms with van der Waals surface area (Å²) in [7, 11) is -2.26. The summed E-state index contributed by atoms with van der Waals surface area (Å²) in [6.07, 6.45) is 1.35. The number of sulfonamides is 1. The van der Waals surface area contributed by atoms with Crippen LogP contribution in [-0.2, 0) is 17.1 Å². The van der Waals surface area contributed by atoms with Crippen LogP contribution in [0.15, 0.2) is 35.4 Å². The summed E-state index contributed by atoms with van der Waals surface area (Å²) >= 11 is 0. The molecular weight excluding hydrogens is 398 g/mol. The molecule has 1 aromatic heterocycles. The molecule has 1 aliphatic heterocycles. The standard InChI is InChI=1S/C18H23N5O5S/c1-12-3-4-13(9-16(12)24)20-18(26)22-5-7-23(8-6-22)29(27,28)14-10-15(17(19)25)21(2)11-14/h3-4,9-11,24H,5-8H2,1-2H3,(H2,19,25)(H,20,26). The number of phenols is 1. The number of carbonyl (C=O) groups excluding carboxylic acids is 2. The second kappa shape index (κ2) is 7.76. The van der Waals surface area contributed by atoms with E-state index < -0.39 is 15.9 Å². The Morgan fingerprint density at radius 2 is 1.79 bits per heavy atom. The number of urea groups is 1. The van der Waals surface area contributed by atoms with Crippen LogP contribution in [0.5, 0.6) is 5.75 Å². The van der Waals surface area contributed by atoms with E-state index in [1.54, 1.807) is 26.1 Å². The van der Waals surface area contributed by atoms with Crippen LogP contribution in [0.25, 0.3) is 0 Å². The molecule has 2 heterocycles. The van der Waals surface area contributed by atoms with E-state index in [1.807, 2.05) is 0 Å². The van der Waals surface area contributed by atoms with Gasteiger partial charge in [0.15, 0.2) is 0 Å². The van der Waals surface area contributed by atoms with Crippen LogP contribution in [0.3, 0.4) is 0 Å². The van der Waals surface area contributed by atoms with Crippen LogP contribution < -0.4 is 11.1 Å². The monoisotopic (exact) mass is 421 g/mol. The fourth-order valence-electron chi connectivity index (χ4n) is 3.09. The Morgan fingerprint density at radius 3 is 2.34 bits per heavy atom. The number of nitrogens with zero attached hydrogens (tertiary/aromatic N) is 3. The lowest BCUT2D eigenvalue weighted by atomic mass is 10.2. The van der Waals surface area contributed by atoms with Gasteiger partial charge in [-0.05, 0) is 24.6 Å². The number of anilines is 1. The van der Waals surface area contributed by atoms with Gasteiger partial charge in [0.25, 0.3) is 5.91 Å². The number of amides is 3. The number of piperazine rings is 1. The molecule has 0 saturated carbocycles. The maximum atomic E-state index is 12.8. The van der Waals surface area contributed by atoms with Crippen molar-refractivity contribution in [2.24, 2.45) is 12.8 Å². The molecule has 3 rings (SSSR count). The van der Waals surface area contributed by atoms with Gasteiger partial charge in [0.1, 0.15) is 16.3 Å². The van der Waals surface area contributed by atoms with E-state index in [4.69, 9.17) is 5.73 Å². The smallest absolute Gasteiger partial charge is 0.321 e. The predicted molar refractivity (Wildman–Crippen MR) is 106 cm³/mol. The lowest BCUT2D eigenvalue weighted by Gasteiger charge is -2.33. The fraction of sp³-hybridized carbons (Fsp3) is 0.333. The van der Waals surface area contributed by atoms with E-state index in [2.05, 4.69) is 5.32 Å². The molecule has 0 bridgehead atoms. The minimum atomic E-state index is -3.80. The van der Waals surface area contributed by atoms with Gasteiger partial charge in [-0.25, -0.2) is 13.2 Å². The molecule has 1 aliphatic rings. The van der Waals surface area contributed by atoms with Gasteiger partial charge in [0.2, 0.25) is 10.0 Å². The topological polar surface area (TPSA) is 138 Å². The molecule has 2 aromatic rings. The van der Waals surface area contributed by atoms with Crippen molar-refractivity contribution in [1.82, 2.24) is 13.8 Å². The quantitative estimate of drug-likeness (QED) is 0.666. The van der Waals surface area contributed by atoms with Gasteiger partial charge in [-0.1, -0.05) is 6.07 Å². The molecule has 156 valence electrons. The number of phenolic OH excluding ortho intramolecular Hbond substituents is 1. The third-order valence-electron chi connectivity index (χ3n) is 4.86. The first-order valence-corrected chi connectivity index (χ1v) is 10.4. The third kappa shape index (κ3) is 4.20. The van der Waals surface area contributed by atoms with Crippen molar-refractivity contribution in [3.8, 4) is 5.75 Å². The molecule has 0 atom stereocenters. The largest absolute Gasteiger partial charge is 0.508 e. The number of benzene rings is 1. The Hall–Kier alpha value is -3.05. The second-order valence-corrected chi connectivity index (χ2v) is 8.80. The van der Waals surface area contributed by atoms with Gasteiger partial charge in [0.05, 0.1) is 0 Å². The first kappa shape index (κ1) is 20.7. The number of rotatable bonds is 4. The first-order chi connectivity index (χ1) is 13.6. The Kier molecular flexibility index (Phi) is 5.53. The molecule has 4 N–H and O–H groups in total. The minimum Gasteiger partial charge on any atom is -0.508 e. The zero-order chi connectivity index (χ0) is 21.3. The van der Waals surface area contributed by atoms with E-state index in [9.17, 15) is 23.1 Å². The van der Waals surface area contributed by atoms with Crippen molar-refractivity contribution >= 4 is 27.6 Å². The van der Waals surface area contributed by atoms with Crippen LogP contribution in [0, 0.1) is 6.92 Å². The van der Waals surface area contributed by atoms with Gasteiger partial charge in [-0.15, -0.1) is 0 Å². The van der Waals surface area contributed by atoms with Crippen LogP contribution in [0.1, 0.15) is 16.1 Å². The number of nitrogens with two attached hydrogens (primary N) is 1. The summed E-state index contributed by atoms with van der Waals surface area (Å²) < 4.78 is 28.3. The minimum absolute atomic E-state index is 0.0122. The van der Waals surface area contributed by atoms with E-state index in [1.165, 1.54) is 32.1 Å². The summed E-state index contributed by atoms with van der Waals surface area (Å²) in [4.78, 5) is 25.3. The van der Waals surface area contributed by atoms with Crippen molar-refractivity contribution in [3.63, 3.8) is 0 Å². The van der Waals surface area contributed by atoms with Gasteiger partial charge in [-0.2, -0.15) is 4.31 Å². The Bertz CT molecular complexity index is 1050. The number of hydrogen-bond donors (Lipinski definition) is 3. The first-order valence-electron chi connectivity index (χ1n) is 8.91. The molecule has 1 aromatic carbocycles. The van der Waals surface area contributed by atoms with Crippen molar-refractivity contribution in [3.05, 3.63) is 41.7 Å². The molecule has 10 nitrogen and oxygen atoms in total. The molecule has 0 spiro atoms. The average molecular weight is 421 g/mol. The lowest BCUT2D eigenvalue weighted by molar-refractivity contribution is 0.0992. The molecule has 0 radical (unpaired) electrons. The van der Waals surface area contributed by atoms with E-state index in [0.29, 0.717) is 11.3 Å². The van der Waals surface area contributed by atoms with Crippen LogP contribution in [-0.4, -0.2) is 65.4 Å². The van der Waals surface area contributed by atoms with E-state index in [-0.39, 0.29) is 48.5 Å². The van der Waals surface area contributed by atoms with Gasteiger partial charge in [0, 0.05) is 51.2 Å². The van der Waals surface area contributed by atoms with Crippen LogP contribution >= 0.6 is 0 Å². The molecular formula is C18H23N5O5S. The molecule has 1 saturated heterocycles. The molecule has 11 heteroatoms. The van der Waals surface area contributed by atoms with Crippen molar-refractivity contribution in [1.29, 1.82) is 0 Å². The number of aryl methyl sites for hydroxylation is 2. The van der Waals surface area contributed by atoms with Gasteiger partial charge in [-0.3, -0.25) is 4.79 Å². The predicted octanol–water partition coefficient (Wildman–Crippen LogP) is 0.676. The molecule has 0 aliphatic carbocycles. The van der Waals surface area contributed by atoms with Crippen LogP contribution in [0.4, 0.5) is 10.5 Å². The number of aromatic nitrogens is 1. The summed E-state index contributed by atoms with van der Waals surface area (Å²) in [5.74, 6) is -0.630. The van der Waals surface area contributed by atoms with Crippen molar-refractivity contribution in [2.75, 3.05) is 31.5 Å². The number of hydrogen-bond acceptors (Lipinski definition) is 5. The Labute approximate surface area is 168 Å². The average Bonchev–Trinajstić information content (AvgIpc) is 3.07. The third-order valence-corrected chi connectivity index (χ3v) is 6.72. The number of nitrogens with one attached hydrogen (secondary N) is 1. The molecule has 0 unspecified atom stereocenters. The Morgan fingerprint density at radius 1 is 1.14 bits per heavy atom. The van der Waals surface area contributed by atoms with Gasteiger partial charge >= 0.3 is 6.03 Å². The SMILES string of the molecule is Cc1ccc(NC(=O)N2CCN(S(=O)(=O)c3cc(C(N)=O)n(C)c3)CC2)cc1O. The molecule has 3 amide bonds. The van der Waals surface area contributed by atoms with E-state index >= 15 is 0 Å². The van der Waals surface area contributed by atoms with Crippen molar-refractivity contribution in [2.45, 2.75) is 11.8 Å². The zero-order valence-electron chi connectivity index (χ0n) is 16.1. The summed E-state index contributed by atoms with van der Waals surface area (Å²) in [6.45, 7) is 2.40. The maximum Gasteiger partial charge on any atom is 0.321 e.